The molecule has 0 spiro atoms. The molecule has 0 radical (unpaired) electrons. The number of halogens is 2. The van der Waals surface area contributed by atoms with Crippen LogP contribution in [-0.2, 0) is 9.59 Å². The van der Waals surface area contributed by atoms with Crippen molar-refractivity contribution in [3.8, 4) is 0 Å². The molecule has 5 nitrogen and oxygen atoms in total. The SMILES string of the molecule is O=C(N/N=C/c1ccc(Cl)c(Cl)c1)C(=O)N1CCCCC1. The van der Waals surface area contributed by atoms with Crippen molar-refractivity contribution in [3.05, 3.63) is 33.8 Å². The van der Waals surface area contributed by atoms with Gasteiger partial charge in [-0.2, -0.15) is 5.10 Å². The van der Waals surface area contributed by atoms with Crippen LogP contribution in [0.4, 0.5) is 0 Å². The third-order valence-electron chi connectivity index (χ3n) is 3.16. The highest BCUT2D eigenvalue weighted by atomic mass is 35.5. The van der Waals surface area contributed by atoms with Crippen molar-refractivity contribution in [2.75, 3.05) is 13.1 Å². The summed E-state index contributed by atoms with van der Waals surface area (Å²) in [6, 6.07) is 4.95. The number of benzene rings is 1. The first-order valence-electron chi connectivity index (χ1n) is 6.65. The minimum atomic E-state index is -0.729. The molecule has 1 N–H and O–H groups in total. The van der Waals surface area contributed by atoms with Crippen molar-refractivity contribution < 1.29 is 9.59 Å². The fraction of sp³-hybridized carbons (Fsp3) is 0.357. The van der Waals surface area contributed by atoms with Crippen molar-refractivity contribution in [2.45, 2.75) is 19.3 Å². The second-order valence-corrected chi connectivity index (χ2v) is 5.54. The fourth-order valence-electron chi connectivity index (χ4n) is 2.05. The molecule has 0 saturated carbocycles. The lowest BCUT2D eigenvalue weighted by molar-refractivity contribution is -0.146. The number of nitrogens with zero attached hydrogens (tertiary/aromatic N) is 2. The maximum absolute atomic E-state index is 11.8. The number of nitrogens with one attached hydrogen (secondary N) is 1. The summed E-state index contributed by atoms with van der Waals surface area (Å²) in [6.07, 6.45) is 4.38. The van der Waals surface area contributed by atoms with Crippen LogP contribution in [0.15, 0.2) is 23.3 Å². The Morgan fingerprint density at radius 2 is 1.86 bits per heavy atom. The van der Waals surface area contributed by atoms with Crippen molar-refractivity contribution in [1.29, 1.82) is 0 Å². The molecule has 1 aliphatic rings. The molecule has 2 rings (SSSR count). The summed E-state index contributed by atoms with van der Waals surface area (Å²) in [4.78, 5) is 25.1. The molecule has 0 aliphatic carbocycles. The predicted octanol–water partition coefficient (Wildman–Crippen LogP) is 2.46. The van der Waals surface area contributed by atoms with Crippen LogP contribution in [0.3, 0.4) is 0 Å². The molecule has 1 saturated heterocycles. The first-order valence-corrected chi connectivity index (χ1v) is 7.41. The van der Waals surface area contributed by atoms with E-state index in [0.717, 1.165) is 19.3 Å². The Bertz CT molecular complexity index is 569. The average Bonchev–Trinajstić information content (AvgIpc) is 2.51. The van der Waals surface area contributed by atoms with Gasteiger partial charge < -0.3 is 4.90 Å². The number of amides is 2. The van der Waals surface area contributed by atoms with Gasteiger partial charge in [0.05, 0.1) is 16.3 Å². The summed E-state index contributed by atoms with van der Waals surface area (Å²) in [5, 5.41) is 4.60. The molecule has 0 atom stereocenters. The third-order valence-corrected chi connectivity index (χ3v) is 3.90. The zero-order chi connectivity index (χ0) is 15.2. The van der Waals surface area contributed by atoms with Crippen molar-refractivity contribution in [1.82, 2.24) is 10.3 Å². The highest BCUT2D eigenvalue weighted by Crippen LogP contribution is 2.21. The van der Waals surface area contributed by atoms with E-state index in [2.05, 4.69) is 10.5 Å². The Hall–Kier alpha value is -1.59. The van der Waals surface area contributed by atoms with E-state index < -0.39 is 11.8 Å². The van der Waals surface area contributed by atoms with Gasteiger partial charge in [0.25, 0.3) is 0 Å². The Balaban J connectivity index is 1.89. The van der Waals surface area contributed by atoms with Gasteiger partial charge in [0, 0.05) is 13.1 Å². The van der Waals surface area contributed by atoms with Gasteiger partial charge in [-0.25, -0.2) is 5.43 Å². The molecular formula is C14H15Cl2N3O2. The van der Waals surface area contributed by atoms with E-state index in [4.69, 9.17) is 23.2 Å². The van der Waals surface area contributed by atoms with Gasteiger partial charge in [-0.1, -0.05) is 29.3 Å². The summed E-state index contributed by atoms with van der Waals surface area (Å²) >= 11 is 11.7. The molecule has 0 unspecified atom stereocenters. The summed E-state index contributed by atoms with van der Waals surface area (Å²) in [6.45, 7) is 1.26. The number of carbonyl (C=O) groups excluding carboxylic acids is 2. The van der Waals surface area contributed by atoms with E-state index in [-0.39, 0.29) is 0 Å². The second kappa shape index (κ2) is 7.43. The van der Waals surface area contributed by atoms with E-state index >= 15 is 0 Å². The fourth-order valence-corrected chi connectivity index (χ4v) is 2.35. The molecule has 1 aliphatic heterocycles. The molecule has 112 valence electrons. The molecule has 1 fully saturated rings. The number of piperidine rings is 1. The minimum absolute atomic E-state index is 0.399. The predicted molar refractivity (Wildman–Crippen MR) is 82.6 cm³/mol. The molecule has 1 heterocycles. The lowest BCUT2D eigenvalue weighted by atomic mass is 10.1. The number of carbonyl (C=O) groups is 2. The molecule has 1 aromatic carbocycles. The van der Waals surface area contributed by atoms with Crippen LogP contribution >= 0.6 is 23.2 Å². The van der Waals surface area contributed by atoms with E-state index in [9.17, 15) is 9.59 Å². The van der Waals surface area contributed by atoms with E-state index in [1.54, 1.807) is 23.1 Å². The van der Waals surface area contributed by atoms with Gasteiger partial charge in [0.15, 0.2) is 0 Å². The van der Waals surface area contributed by atoms with Gasteiger partial charge in [-0.15, -0.1) is 0 Å². The topological polar surface area (TPSA) is 61.8 Å². The smallest absolute Gasteiger partial charge is 0.329 e. The minimum Gasteiger partial charge on any atom is -0.334 e. The Kier molecular flexibility index (Phi) is 5.59. The monoisotopic (exact) mass is 327 g/mol. The van der Waals surface area contributed by atoms with Gasteiger partial charge in [-0.05, 0) is 37.0 Å². The van der Waals surface area contributed by atoms with Gasteiger partial charge in [0.1, 0.15) is 0 Å². The Labute approximate surface area is 132 Å². The first kappa shape index (κ1) is 15.8. The molecule has 21 heavy (non-hydrogen) atoms. The number of hydrazone groups is 1. The molecule has 0 aromatic heterocycles. The largest absolute Gasteiger partial charge is 0.334 e. The van der Waals surface area contributed by atoms with Crippen LogP contribution in [0.1, 0.15) is 24.8 Å². The number of hydrogen-bond donors (Lipinski definition) is 1. The van der Waals surface area contributed by atoms with Crippen LogP contribution in [0.5, 0.6) is 0 Å². The Morgan fingerprint density at radius 3 is 2.52 bits per heavy atom. The lowest BCUT2D eigenvalue weighted by Crippen LogP contribution is -2.43. The van der Waals surface area contributed by atoms with Crippen LogP contribution in [0.25, 0.3) is 0 Å². The summed E-state index contributed by atoms with van der Waals surface area (Å²) < 4.78 is 0. The normalized spacial score (nSPS) is 15.2. The zero-order valence-electron chi connectivity index (χ0n) is 11.3. The maximum Gasteiger partial charge on any atom is 0.329 e. The van der Waals surface area contributed by atoms with Crippen LogP contribution in [-0.4, -0.2) is 36.0 Å². The van der Waals surface area contributed by atoms with Crippen LogP contribution in [0, 0.1) is 0 Å². The summed E-state index contributed by atoms with van der Waals surface area (Å²) in [5.74, 6) is -1.27. The molecular weight excluding hydrogens is 313 g/mol. The van der Waals surface area contributed by atoms with Crippen molar-refractivity contribution in [3.63, 3.8) is 0 Å². The van der Waals surface area contributed by atoms with Gasteiger partial charge in [-0.3, -0.25) is 9.59 Å². The Morgan fingerprint density at radius 1 is 1.14 bits per heavy atom. The second-order valence-electron chi connectivity index (χ2n) is 4.73. The first-order chi connectivity index (χ1) is 10.1. The molecule has 7 heteroatoms. The standard InChI is InChI=1S/C14H15Cl2N3O2/c15-11-5-4-10(8-12(11)16)9-17-18-13(20)14(21)19-6-2-1-3-7-19/h4-5,8-9H,1-3,6-7H2,(H,18,20)/b17-9+. The van der Waals surface area contributed by atoms with Gasteiger partial charge >= 0.3 is 11.8 Å². The average molecular weight is 328 g/mol. The zero-order valence-corrected chi connectivity index (χ0v) is 12.8. The molecule has 1 aromatic rings. The lowest BCUT2D eigenvalue weighted by Gasteiger charge is -2.25. The highest BCUT2D eigenvalue weighted by Gasteiger charge is 2.22. The quantitative estimate of drug-likeness (QED) is 0.515. The number of hydrogen-bond acceptors (Lipinski definition) is 3. The van der Waals surface area contributed by atoms with E-state index in [1.807, 2.05) is 0 Å². The van der Waals surface area contributed by atoms with Crippen LogP contribution in [0.2, 0.25) is 10.0 Å². The molecule has 0 bridgehead atoms. The third kappa shape index (κ3) is 4.44. The van der Waals surface area contributed by atoms with Crippen LogP contribution < -0.4 is 5.43 Å². The van der Waals surface area contributed by atoms with Crippen molar-refractivity contribution in [2.24, 2.45) is 5.10 Å². The number of rotatable bonds is 2. The summed E-state index contributed by atoms with van der Waals surface area (Å²) in [7, 11) is 0. The van der Waals surface area contributed by atoms with E-state index in [0.29, 0.717) is 28.7 Å². The maximum atomic E-state index is 11.8. The van der Waals surface area contributed by atoms with Gasteiger partial charge in [0.2, 0.25) is 0 Å². The van der Waals surface area contributed by atoms with Crippen molar-refractivity contribution >= 4 is 41.2 Å². The molecule has 2 amide bonds. The highest BCUT2D eigenvalue weighted by molar-refractivity contribution is 6.42. The summed E-state index contributed by atoms with van der Waals surface area (Å²) in [5.41, 5.74) is 2.90. The van der Waals surface area contributed by atoms with E-state index in [1.165, 1.54) is 6.21 Å². The number of likely N-dealkylation sites (tertiary alicyclic amines) is 1.